The Bertz CT molecular complexity index is 2020. The number of fused-ring (bicyclic) bond motifs is 2. The largest absolute Gasteiger partial charge is 0.418 e. The number of nitro groups is 1. The molecule has 1 aromatic heterocycles. The number of nitrogens with zero attached hydrogens (tertiary/aromatic N) is 3. The summed E-state index contributed by atoms with van der Waals surface area (Å²) in [6.45, 7) is 5.49. The summed E-state index contributed by atoms with van der Waals surface area (Å²) in [5.74, 6) is -3.75. The van der Waals surface area contributed by atoms with Gasteiger partial charge in [-0.05, 0) is 40.8 Å². The SMILES string of the molecule is CC(C)(C)c1ccc(C2c3sc(=O)n(CC(=O)Nc4ccccc4C(F)(F)F)c3SC3C(=O)N(c4ccc([N+](=O)[O-])cc4)C(=O)C32)cc1. The average Bonchev–Trinajstić information content (AvgIpc) is 3.46. The van der Waals surface area contributed by atoms with E-state index in [1.165, 1.54) is 36.4 Å². The summed E-state index contributed by atoms with van der Waals surface area (Å²) in [7, 11) is 0. The molecule has 15 heteroatoms. The number of non-ortho nitro benzene ring substituents is 1. The van der Waals surface area contributed by atoms with Crippen molar-refractivity contribution >= 4 is 57.9 Å². The van der Waals surface area contributed by atoms with Gasteiger partial charge in [-0.25, -0.2) is 4.90 Å². The minimum Gasteiger partial charge on any atom is -0.324 e. The maximum absolute atomic E-state index is 14.1. The smallest absolute Gasteiger partial charge is 0.324 e. The lowest BCUT2D eigenvalue weighted by molar-refractivity contribution is -0.384. The van der Waals surface area contributed by atoms with Crippen molar-refractivity contribution < 1.29 is 32.5 Å². The van der Waals surface area contributed by atoms with Gasteiger partial charge in [0.05, 0.1) is 32.8 Å². The number of thioether (sulfide) groups is 1. The van der Waals surface area contributed by atoms with Crippen molar-refractivity contribution in [3.05, 3.63) is 114 Å². The Morgan fingerprint density at radius 3 is 2.19 bits per heavy atom. The second-order valence-corrected chi connectivity index (χ2v) is 14.5. The molecule has 0 spiro atoms. The molecule has 1 N–H and O–H groups in total. The number of rotatable bonds is 6. The Hall–Kier alpha value is -4.76. The van der Waals surface area contributed by atoms with Gasteiger partial charge in [0.25, 0.3) is 5.69 Å². The molecular weight excluding hydrogens is 670 g/mol. The highest BCUT2D eigenvalue weighted by Gasteiger charge is 2.57. The first-order valence-electron chi connectivity index (χ1n) is 14.6. The lowest BCUT2D eigenvalue weighted by Gasteiger charge is -2.31. The number of aromatic nitrogens is 1. The zero-order chi connectivity index (χ0) is 34.7. The number of hydrogen-bond acceptors (Lipinski definition) is 8. The monoisotopic (exact) mass is 696 g/mol. The Labute approximate surface area is 279 Å². The van der Waals surface area contributed by atoms with E-state index in [9.17, 15) is 42.5 Å². The third-order valence-corrected chi connectivity index (χ3v) is 10.9. The van der Waals surface area contributed by atoms with E-state index < -0.39 is 68.6 Å². The van der Waals surface area contributed by atoms with Crippen LogP contribution in [0.15, 0.2) is 82.6 Å². The summed E-state index contributed by atoms with van der Waals surface area (Å²) >= 11 is 1.76. The average molecular weight is 697 g/mol. The first kappa shape index (κ1) is 33.2. The van der Waals surface area contributed by atoms with Crippen LogP contribution in [0, 0.1) is 16.0 Å². The Morgan fingerprint density at radius 2 is 1.58 bits per heavy atom. The van der Waals surface area contributed by atoms with Crippen molar-refractivity contribution in [1.82, 2.24) is 4.57 Å². The lowest BCUT2D eigenvalue weighted by Crippen LogP contribution is -2.33. The highest BCUT2D eigenvalue weighted by molar-refractivity contribution is 8.00. The maximum atomic E-state index is 14.1. The predicted molar refractivity (Wildman–Crippen MR) is 174 cm³/mol. The Morgan fingerprint density at radius 1 is 0.938 bits per heavy atom. The van der Waals surface area contributed by atoms with E-state index in [1.54, 1.807) is 0 Å². The quantitative estimate of drug-likeness (QED) is 0.137. The topological polar surface area (TPSA) is 132 Å². The third-order valence-electron chi connectivity index (χ3n) is 8.31. The highest BCUT2D eigenvalue weighted by Crippen LogP contribution is 2.54. The normalized spacial score (nSPS) is 19.2. The third kappa shape index (κ3) is 5.92. The predicted octanol–water partition coefficient (Wildman–Crippen LogP) is 6.57. The van der Waals surface area contributed by atoms with Crippen molar-refractivity contribution in [3.8, 4) is 0 Å². The summed E-state index contributed by atoms with van der Waals surface area (Å²) < 4.78 is 41.8. The number of anilines is 2. The lowest BCUT2D eigenvalue weighted by atomic mass is 9.81. The van der Waals surface area contributed by atoms with Crippen LogP contribution in [0.4, 0.5) is 30.2 Å². The molecule has 2 aliphatic heterocycles. The number of nitro benzene ring substituents is 1. The van der Waals surface area contributed by atoms with E-state index >= 15 is 0 Å². The summed E-state index contributed by atoms with van der Waals surface area (Å²) in [6, 6.07) is 17.0. The molecule has 2 aliphatic rings. The van der Waals surface area contributed by atoms with Gasteiger partial charge in [0.2, 0.25) is 17.7 Å². The number of alkyl halides is 3. The zero-order valence-corrected chi connectivity index (χ0v) is 27.2. The minimum absolute atomic E-state index is 0.149. The van der Waals surface area contributed by atoms with Crippen molar-refractivity contribution in [2.75, 3.05) is 10.2 Å². The van der Waals surface area contributed by atoms with E-state index in [1.807, 2.05) is 45.0 Å². The Kier molecular flexibility index (Phi) is 8.32. The molecule has 3 aromatic carbocycles. The van der Waals surface area contributed by atoms with Gasteiger partial charge in [-0.1, -0.05) is 80.3 Å². The van der Waals surface area contributed by atoms with E-state index in [4.69, 9.17) is 0 Å². The number of hydrogen-bond donors (Lipinski definition) is 1. The highest BCUT2D eigenvalue weighted by atomic mass is 32.2. The number of halogens is 3. The van der Waals surface area contributed by atoms with Crippen LogP contribution in [-0.2, 0) is 32.5 Å². The van der Waals surface area contributed by atoms with Crippen molar-refractivity contribution in [2.24, 2.45) is 5.92 Å². The van der Waals surface area contributed by atoms with E-state index in [0.717, 1.165) is 50.3 Å². The van der Waals surface area contributed by atoms with Crippen LogP contribution in [0.1, 0.15) is 48.3 Å². The molecule has 10 nitrogen and oxygen atoms in total. The zero-order valence-electron chi connectivity index (χ0n) is 25.6. The molecule has 0 saturated carbocycles. The molecule has 1 fully saturated rings. The maximum Gasteiger partial charge on any atom is 0.418 e. The van der Waals surface area contributed by atoms with E-state index in [2.05, 4.69) is 5.32 Å². The Balaban J connectivity index is 1.41. The summed E-state index contributed by atoms with van der Waals surface area (Å²) in [5.41, 5.74) is -0.103. The molecule has 3 unspecified atom stereocenters. The number of nitrogens with one attached hydrogen (secondary N) is 1. The first-order valence-corrected chi connectivity index (χ1v) is 16.3. The fourth-order valence-corrected chi connectivity index (χ4v) is 8.73. The number of para-hydroxylation sites is 1. The molecule has 48 heavy (non-hydrogen) atoms. The minimum atomic E-state index is -4.73. The molecule has 6 rings (SSSR count). The van der Waals surface area contributed by atoms with Crippen molar-refractivity contribution in [2.45, 2.75) is 55.1 Å². The summed E-state index contributed by atoms with van der Waals surface area (Å²) in [4.78, 5) is 66.0. The van der Waals surface area contributed by atoms with Crippen LogP contribution in [0.2, 0.25) is 0 Å². The van der Waals surface area contributed by atoms with Crippen molar-refractivity contribution in [3.63, 3.8) is 0 Å². The number of carbonyl (C=O) groups is 3. The van der Waals surface area contributed by atoms with Gasteiger partial charge in [-0.15, -0.1) is 0 Å². The number of benzene rings is 3. The van der Waals surface area contributed by atoms with Gasteiger partial charge in [-0.2, -0.15) is 13.2 Å². The molecule has 0 radical (unpaired) electrons. The molecule has 0 bridgehead atoms. The second kappa shape index (κ2) is 12.0. The van der Waals surface area contributed by atoms with Crippen LogP contribution in [0.25, 0.3) is 0 Å². The fourth-order valence-electron chi connectivity index (χ4n) is 5.96. The summed E-state index contributed by atoms with van der Waals surface area (Å²) in [5, 5.41) is 12.7. The van der Waals surface area contributed by atoms with Crippen LogP contribution in [0.3, 0.4) is 0 Å². The molecular formula is C33H27F3N4O6S2. The number of carbonyl (C=O) groups excluding carboxylic acids is 3. The molecule has 4 aromatic rings. The number of amides is 3. The molecule has 3 atom stereocenters. The molecule has 0 aliphatic carbocycles. The molecule has 3 heterocycles. The molecule has 1 saturated heterocycles. The van der Waals surface area contributed by atoms with Gasteiger partial charge in [-0.3, -0.25) is 33.9 Å². The summed E-state index contributed by atoms with van der Waals surface area (Å²) in [6.07, 6.45) is -4.73. The van der Waals surface area contributed by atoms with Crippen molar-refractivity contribution in [1.29, 1.82) is 0 Å². The van der Waals surface area contributed by atoms with Crippen LogP contribution >= 0.6 is 23.1 Å². The van der Waals surface area contributed by atoms with Crippen LogP contribution in [-0.4, -0.2) is 32.5 Å². The van der Waals surface area contributed by atoms with E-state index in [0.29, 0.717) is 10.4 Å². The second-order valence-electron chi connectivity index (χ2n) is 12.4. The standard InChI is InChI=1S/C33H27F3N4O6S2/c1-32(2,3)18-10-8-17(9-11-18)24-25-26(29(43)39(28(25)42)19-12-14-20(15-13-19)40(45)46)47-30-27(24)48-31(44)38(30)16-23(41)37-22-7-5-4-6-21(22)33(34,35)36/h4-15,24-26H,16H2,1-3H3,(H,37,41). The van der Waals surface area contributed by atoms with E-state index in [-0.39, 0.29) is 21.8 Å². The van der Waals surface area contributed by atoms with Crippen LogP contribution < -0.4 is 15.1 Å². The molecule has 3 amide bonds. The molecule has 248 valence electrons. The van der Waals surface area contributed by atoms with Gasteiger partial charge in [0.15, 0.2) is 0 Å². The van der Waals surface area contributed by atoms with Crippen LogP contribution in [0.5, 0.6) is 0 Å². The fraction of sp³-hybridized carbons (Fsp3) is 0.273. The van der Waals surface area contributed by atoms with Gasteiger partial charge in [0.1, 0.15) is 11.8 Å². The number of imide groups is 1. The number of thiazole rings is 1. The van der Waals surface area contributed by atoms with Gasteiger partial charge < -0.3 is 5.32 Å². The first-order chi connectivity index (χ1) is 22.6. The van der Waals surface area contributed by atoms with Gasteiger partial charge >= 0.3 is 11.0 Å². The van der Waals surface area contributed by atoms with Gasteiger partial charge in [0, 0.05) is 22.9 Å².